The van der Waals surface area contributed by atoms with Crippen molar-refractivity contribution in [2.45, 2.75) is 0 Å². The number of benzene rings is 2. The molecule has 106 valence electrons. The lowest BCUT2D eigenvalue weighted by atomic mass is 10.1. The number of rotatable bonds is 2. The number of carboxylic acid groups (broad SMARTS) is 1. The zero-order chi connectivity index (χ0) is 15.1. The van der Waals surface area contributed by atoms with Crippen LogP contribution in [0.1, 0.15) is 10.4 Å². The van der Waals surface area contributed by atoms with E-state index in [9.17, 15) is 15.0 Å². The summed E-state index contributed by atoms with van der Waals surface area (Å²) >= 11 is 5.88. The van der Waals surface area contributed by atoms with Crippen molar-refractivity contribution in [3.63, 3.8) is 0 Å². The highest BCUT2D eigenvalue weighted by atomic mass is 35.5. The first-order valence-corrected chi connectivity index (χ1v) is 6.22. The number of nitrogens with zero attached hydrogens (tertiary/aromatic N) is 3. The number of aromatic hydroxyl groups is 1. The van der Waals surface area contributed by atoms with Crippen molar-refractivity contribution in [2.24, 2.45) is 0 Å². The maximum absolute atomic E-state index is 11.2. The first-order valence-electron chi connectivity index (χ1n) is 5.84. The second-order valence-corrected chi connectivity index (χ2v) is 4.80. The number of phenolic OH excluding ortho intramolecular Hbond substituents is 1. The van der Waals surface area contributed by atoms with Crippen molar-refractivity contribution in [3.8, 4) is 11.4 Å². The van der Waals surface area contributed by atoms with Gasteiger partial charge in [0.1, 0.15) is 22.5 Å². The molecule has 2 aromatic carbocycles. The highest BCUT2D eigenvalue weighted by Crippen LogP contribution is 2.26. The Bertz CT molecular complexity index is 875. The van der Waals surface area contributed by atoms with Crippen molar-refractivity contribution in [2.75, 3.05) is 5.73 Å². The molecular formula is C13H9ClN4O3. The smallest absolute Gasteiger partial charge is 0.338 e. The summed E-state index contributed by atoms with van der Waals surface area (Å²) < 4.78 is 0. The van der Waals surface area contributed by atoms with Crippen LogP contribution in [-0.4, -0.2) is 31.2 Å². The van der Waals surface area contributed by atoms with Gasteiger partial charge in [-0.15, -0.1) is 15.0 Å². The topological polar surface area (TPSA) is 114 Å². The minimum Gasteiger partial charge on any atom is -0.506 e. The third kappa shape index (κ3) is 2.23. The van der Waals surface area contributed by atoms with E-state index < -0.39 is 5.97 Å². The summed E-state index contributed by atoms with van der Waals surface area (Å²) in [4.78, 5) is 12.4. The van der Waals surface area contributed by atoms with E-state index in [1.807, 2.05) is 0 Å². The Morgan fingerprint density at radius 3 is 2.71 bits per heavy atom. The number of hydrogen-bond acceptors (Lipinski definition) is 5. The van der Waals surface area contributed by atoms with Gasteiger partial charge in [0, 0.05) is 10.7 Å². The molecule has 0 spiro atoms. The molecule has 8 heteroatoms. The second kappa shape index (κ2) is 4.64. The Morgan fingerprint density at radius 1 is 1.24 bits per heavy atom. The lowest BCUT2D eigenvalue weighted by molar-refractivity contribution is 0.0699. The number of carboxylic acids is 1. The van der Waals surface area contributed by atoms with Crippen molar-refractivity contribution in [3.05, 3.63) is 40.9 Å². The highest BCUT2D eigenvalue weighted by molar-refractivity contribution is 6.30. The number of nitrogen functional groups attached to an aromatic ring is 1. The normalized spacial score (nSPS) is 10.9. The van der Waals surface area contributed by atoms with Gasteiger partial charge in [-0.3, -0.25) is 0 Å². The molecule has 0 saturated carbocycles. The fourth-order valence-corrected chi connectivity index (χ4v) is 2.14. The van der Waals surface area contributed by atoms with Crippen LogP contribution in [0.15, 0.2) is 30.3 Å². The Hall–Kier alpha value is -2.80. The molecule has 0 fully saturated rings. The first kappa shape index (κ1) is 13.2. The Balaban J connectivity index is 2.28. The van der Waals surface area contributed by atoms with E-state index in [-0.39, 0.29) is 28.2 Å². The summed E-state index contributed by atoms with van der Waals surface area (Å²) in [6.07, 6.45) is 0. The van der Waals surface area contributed by atoms with E-state index in [0.29, 0.717) is 10.5 Å². The van der Waals surface area contributed by atoms with Crippen LogP contribution in [0.2, 0.25) is 5.02 Å². The van der Waals surface area contributed by atoms with Crippen LogP contribution >= 0.6 is 11.6 Å². The summed E-state index contributed by atoms with van der Waals surface area (Å²) in [5.41, 5.74) is 6.59. The van der Waals surface area contributed by atoms with Gasteiger partial charge in [0.2, 0.25) is 0 Å². The van der Waals surface area contributed by atoms with Crippen molar-refractivity contribution < 1.29 is 15.0 Å². The van der Waals surface area contributed by atoms with Gasteiger partial charge in [0.05, 0.1) is 5.56 Å². The van der Waals surface area contributed by atoms with Crippen LogP contribution in [0.4, 0.5) is 5.69 Å². The minimum atomic E-state index is -1.16. The van der Waals surface area contributed by atoms with E-state index in [1.54, 1.807) is 0 Å². The third-order valence-electron chi connectivity index (χ3n) is 2.89. The number of carbonyl (C=O) groups is 1. The zero-order valence-corrected chi connectivity index (χ0v) is 11.2. The number of anilines is 1. The number of aromatic nitrogens is 3. The molecule has 0 unspecified atom stereocenters. The van der Waals surface area contributed by atoms with Gasteiger partial charge in [-0.1, -0.05) is 11.6 Å². The third-order valence-corrected chi connectivity index (χ3v) is 3.13. The standard InChI is InChI=1S/C13H9ClN4O3/c14-6-1-2-11(19)10(3-6)18-16-9-5-7(15)4-8(13(20)21)12(9)17-18/h1-5,19H,15H2,(H,20,21). The molecule has 0 aliphatic carbocycles. The molecule has 0 atom stereocenters. The molecule has 7 nitrogen and oxygen atoms in total. The van der Waals surface area contributed by atoms with Gasteiger partial charge in [0.25, 0.3) is 0 Å². The molecular weight excluding hydrogens is 296 g/mol. The Labute approximate surface area is 123 Å². The molecule has 3 aromatic rings. The molecule has 0 aliphatic rings. The van der Waals surface area contributed by atoms with Crippen molar-refractivity contribution >= 4 is 34.3 Å². The fraction of sp³-hybridized carbons (Fsp3) is 0. The lowest BCUT2D eigenvalue weighted by Gasteiger charge is -2.02. The van der Waals surface area contributed by atoms with Gasteiger partial charge in [0.15, 0.2) is 0 Å². The quantitative estimate of drug-likeness (QED) is 0.624. The lowest BCUT2D eigenvalue weighted by Crippen LogP contribution is -2.01. The van der Waals surface area contributed by atoms with E-state index in [0.717, 1.165) is 4.80 Å². The average Bonchev–Trinajstić information content (AvgIpc) is 2.83. The number of phenols is 1. The molecule has 0 aliphatic heterocycles. The second-order valence-electron chi connectivity index (χ2n) is 4.36. The number of aromatic carboxylic acids is 1. The van der Waals surface area contributed by atoms with Gasteiger partial charge >= 0.3 is 5.97 Å². The molecule has 0 bridgehead atoms. The fourth-order valence-electron chi connectivity index (χ4n) is 1.97. The largest absolute Gasteiger partial charge is 0.506 e. The maximum atomic E-state index is 11.2. The van der Waals surface area contributed by atoms with Crippen LogP contribution in [0, 0.1) is 0 Å². The van der Waals surface area contributed by atoms with Crippen LogP contribution in [0.5, 0.6) is 5.75 Å². The van der Waals surface area contributed by atoms with E-state index in [1.165, 1.54) is 30.3 Å². The predicted molar refractivity (Wildman–Crippen MR) is 76.9 cm³/mol. The van der Waals surface area contributed by atoms with Crippen molar-refractivity contribution in [1.29, 1.82) is 0 Å². The van der Waals surface area contributed by atoms with Gasteiger partial charge in [-0.25, -0.2) is 4.79 Å². The number of halogens is 1. The highest BCUT2D eigenvalue weighted by Gasteiger charge is 2.16. The summed E-state index contributed by atoms with van der Waals surface area (Å²) in [5, 5.41) is 27.6. The molecule has 3 rings (SSSR count). The zero-order valence-electron chi connectivity index (χ0n) is 10.5. The van der Waals surface area contributed by atoms with E-state index >= 15 is 0 Å². The summed E-state index contributed by atoms with van der Waals surface area (Å²) in [7, 11) is 0. The van der Waals surface area contributed by atoms with Gasteiger partial charge in [-0.2, -0.15) is 0 Å². The Kier molecular flexibility index (Phi) is 2.91. The summed E-state index contributed by atoms with van der Waals surface area (Å²) in [5.74, 6) is -1.24. The van der Waals surface area contributed by atoms with E-state index in [2.05, 4.69) is 10.2 Å². The molecule has 1 aromatic heterocycles. The average molecular weight is 305 g/mol. The first-order chi connectivity index (χ1) is 9.95. The molecule has 4 N–H and O–H groups in total. The molecule has 0 saturated heterocycles. The Morgan fingerprint density at radius 2 is 2.00 bits per heavy atom. The van der Waals surface area contributed by atoms with Crippen LogP contribution < -0.4 is 5.73 Å². The van der Waals surface area contributed by atoms with E-state index in [4.69, 9.17) is 17.3 Å². The molecule has 1 heterocycles. The number of fused-ring (bicyclic) bond motifs is 1. The summed E-state index contributed by atoms with van der Waals surface area (Å²) in [6.45, 7) is 0. The van der Waals surface area contributed by atoms with Crippen LogP contribution in [0.25, 0.3) is 16.7 Å². The number of hydrogen-bond donors (Lipinski definition) is 3. The summed E-state index contributed by atoms with van der Waals surface area (Å²) in [6, 6.07) is 7.20. The van der Waals surface area contributed by atoms with Crippen LogP contribution in [0.3, 0.4) is 0 Å². The van der Waals surface area contributed by atoms with Crippen LogP contribution in [-0.2, 0) is 0 Å². The molecule has 0 amide bonds. The SMILES string of the molecule is Nc1cc(C(=O)O)c2nn(-c3cc(Cl)ccc3O)nc2c1. The van der Waals surface area contributed by atoms with Gasteiger partial charge < -0.3 is 15.9 Å². The maximum Gasteiger partial charge on any atom is 0.338 e. The van der Waals surface area contributed by atoms with Gasteiger partial charge in [-0.05, 0) is 30.3 Å². The monoisotopic (exact) mass is 304 g/mol. The minimum absolute atomic E-state index is 0.0576. The molecule has 21 heavy (non-hydrogen) atoms. The van der Waals surface area contributed by atoms with Crippen molar-refractivity contribution in [1.82, 2.24) is 15.0 Å². The predicted octanol–water partition coefficient (Wildman–Crippen LogP) is 2.06. The number of nitrogens with two attached hydrogens (primary N) is 1. The molecule has 0 radical (unpaired) electrons.